The first-order chi connectivity index (χ1) is 7.19. The van der Waals surface area contributed by atoms with Gasteiger partial charge in [-0.25, -0.2) is 13.8 Å². The van der Waals surface area contributed by atoms with Crippen molar-refractivity contribution in [1.29, 1.82) is 0 Å². The smallest absolute Gasteiger partial charge is 0.255 e. The molecule has 86 valence electrons. The molecule has 0 aliphatic carbocycles. The van der Waals surface area contributed by atoms with Gasteiger partial charge < -0.3 is 0 Å². The topological polar surface area (TPSA) is 68.8 Å². The lowest BCUT2D eigenvalue weighted by atomic mass is 10.2. The fourth-order valence-corrected chi connectivity index (χ4v) is 1.26. The van der Waals surface area contributed by atoms with Crippen molar-refractivity contribution in [3.63, 3.8) is 0 Å². The maximum Gasteiger partial charge on any atom is 0.255 e. The first-order valence-electron chi connectivity index (χ1n) is 4.80. The van der Waals surface area contributed by atoms with Crippen molar-refractivity contribution in [2.45, 2.75) is 38.8 Å². The average molecular weight is 219 g/mol. The summed E-state index contributed by atoms with van der Waals surface area (Å²) < 4.78 is 26.4. The fraction of sp³-hybridized carbons (Fsp3) is 0.750. The molecule has 0 saturated carbocycles. The van der Waals surface area contributed by atoms with Crippen molar-refractivity contribution in [3.8, 4) is 0 Å². The largest absolute Gasteiger partial charge is 0.271 e. The minimum absolute atomic E-state index is 0.0775. The third kappa shape index (κ3) is 3.21. The van der Waals surface area contributed by atoms with Crippen molar-refractivity contribution >= 4 is 0 Å². The Bertz CT molecular complexity index is 288. The van der Waals surface area contributed by atoms with Crippen LogP contribution in [0.15, 0.2) is 6.33 Å². The van der Waals surface area contributed by atoms with Crippen molar-refractivity contribution in [2.75, 3.05) is 0 Å². The molecule has 1 rings (SSSR count). The number of aryl methyl sites for hydroxylation is 1. The standard InChI is InChI=1S/C8H15F2N5/c1-2-3-15-7(12-5-13-15)4-6(14-11)8(9)10/h5-6,8,14H,2-4,11H2,1H3. The molecule has 0 radical (unpaired) electrons. The van der Waals surface area contributed by atoms with E-state index in [9.17, 15) is 8.78 Å². The molecule has 0 aromatic carbocycles. The number of alkyl halides is 2. The van der Waals surface area contributed by atoms with E-state index in [0.717, 1.165) is 6.42 Å². The molecule has 0 saturated heterocycles. The molecule has 7 heteroatoms. The van der Waals surface area contributed by atoms with Gasteiger partial charge >= 0.3 is 0 Å². The van der Waals surface area contributed by atoms with Crippen LogP contribution in [0, 0.1) is 0 Å². The normalized spacial score (nSPS) is 13.4. The molecule has 1 aromatic heterocycles. The van der Waals surface area contributed by atoms with Crippen LogP contribution < -0.4 is 11.3 Å². The van der Waals surface area contributed by atoms with Crippen LogP contribution in [0.5, 0.6) is 0 Å². The maximum atomic E-state index is 12.4. The van der Waals surface area contributed by atoms with E-state index < -0.39 is 12.5 Å². The average Bonchev–Trinajstić information content (AvgIpc) is 2.62. The predicted octanol–water partition coefficient (Wildman–Crippen LogP) is 0.328. The number of nitrogens with zero attached hydrogens (tertiary/aromatic N) is 3. The molecular formula is C8H15F2N5. The molecule has 15 heavy (non-hydrogen) atoms. The fourth-order valence-electron chi connectivity index (χ4n) is 1.26. The van der Waals surface area contributed by atoms with Crippen LogP contribution in [0.1, 0.15) is 19.2 Å². The first kappa shape index (κ1) is 12.0. The second-order valence-corrected chi connectivity index (χ2v) is 3.21. The number of hydrazine groups is 1. The van der Waals surface area contributed by atoms with Crippen LogP contribution in [0.3, 0.4) is 0 Å². The van der Waals surface area contributed by atoms with E-state index in [1.807, 2.05) is 6.92 Å². The summed E-state index contributed by atoms with van der Waals surface area (Å²) in [6, 6.07) is -1.08. The van der Waals surface area contributed by atoms with Crippen LogP contribution in [0.2, 0.25) is 0 Å². The van der Waals surface area contributed by atoms with Crippen molar-refractivity contribution in [1.82, 2.24) is 20.2 Å². The molecule has 0 spiro atoms. The highest BCUT2D eigenvalue weighted by Crippen LogP contribution is 2.07. The van der Waals surface area contributed by atoms with E-state index >= 15 is 0 Å². The molecular weight excluding hydrogens is 204 g/mol. The number of nitrogens with one attached hydrogen (secondary N) is 1. The van der Waals surface area contributed by atoms with E-state index in [1.165, 1.54) is 6.33 Å². The zero-order valence-corrected chi connectivity index (χ0v) is 8.53. The van der Waals surface area contributed by atoms with E-state index in [0.29, 0.717) is 12.4 Å². The van der Waals surface area contributed by atoms with E-state index in [4.69, 9.17) is 5.84 Å². The second-order valence-electron chi connectivity index (χ2n) is 3.21. The Morgan fingerprint density at radius 1 is 1.60 bits per heavy atom. The van der Waals surface area contributed by atoms with Gasteiger partial charge in [0.15, 0.2) is 0 Å². The Hall–Kier alpha value is -1.08. The highest BCUT2D eigenvalue weighted by atomic mass is 19.3. The number of rotatable bonds is 6. The lowest BCUT2D eigenvalue weighted by Crippen LogP contribution is -2.42. The Morgan fingerprint density at radius 2 is 2.33 bits per heavy atom. The van der Waals surface area contributed by atoms with Crippen LogP contribution >= 0.6 is 0 Å². The minimum atomic E-state index is -2.51. The summed E-state index contributed by atoms with van der Waals surface area (Å²) in [6.07, 6.45) is -0.189. The number of nitrogens with two attached hydrogens (primary N) is 1. The minimum Gasteiger partial charge on any atom is -0.271 e. The number of hydrogen-bond acceptors (Lipinski definition) is 4. The maximum absolute atomic E-state index is 12.4. The quantitative estimate of drug-likeness (QED) is 0.534. The Balaban J connectivity index is 2.65. The first-order valence-corrected chi connectivity index (χ1v) is 4.80. The van der Waals surface area contributed by atoms with Gasteiger partial charge in [-0.15, -0.1) is 0 Å². The van der Waals surface area contributed by atoms with Crippen LogP contribution in [-0.2, 0) is 13.0 Å². The van der Waals surface area contributed by atoms with Crippen molar-refractivity contribution in [3.05, 3.63) is 12.2 Å². The lowest BCUT2D eigenvalue weighted by Gasteiger charge is -2.14. The van der Waals surface area contributed by atoms with Crippen LogP contribution in [0.25, 0.3) is 0 Å². The van der Waals surface area contributed by atoms with Gasteiger partial charge in [-0.1, -0.05) is 6.92 Å². The molecule has 1 unspecified atom stereocenters. The van der Waals surface area contributed by atoms with Crippen molar-refractivity contribution in [2.24, 2.45) is 5.84 Å². The second kappa shape index (κ2) is 5.72. The van der Waals surface area contributed by atoms with Gasteiger partial charge in [-0.2, -0.15) is 5.10 Å². The van der Waals surface area contributed by atoms with Gasteiger partial charge in [0, 0.05) is 13.0 Å². The molecule has 0 bridgehead atoms. The highest BCUT2D eigenvalue weighted by molar-refractivity contribution is 4.90. The van der Waals surface area contributed by atoms with Crippen LogP contribution in [0.4, 0.5) is 8.78 Å². The molecule has 3 N–H and O–H groups in total. The highest BCUT2D eigenvalue weighted by Gasteiger charge is 2.21. The molecule has 1 aromatic rings. The molecule has 5 nitrogen and oxygen atoms in total. The summed E-state index contributed by atoms with van der Waals surface area (Å²) >= 11 is 0. The van der Waals surface area contributed by atoms with E-state index in [2.05, 4.69) is 15.5 Å². The summed E-state index contributed by atoms with van der Waals surface area (Å²) in [6.45, 7) is 2.66. The number of halogens is 2. The van der Waals surface area contributed by atoms with E-state index in [1.54, 1.807) is 4.68 Å². The molecule has 1 atom stereocenters. The Morgan fingerprint density at radius 3 is 2.87 bits per heavy atom. The summed E-state index contributed by atoms with van der Waals surface area (Å²) in [4.78, 5) is 3.93. The summed E-state index contributed by atoms with van der Waals surface area (Å²) in [5, 5.41) is 3.94. The Kier molecular flexibility index (Phi) is 4.57. The third-order valence-electron chi connectivity index (χ3n) is 2.05. The predicted molar refractivity (Wildman–Crippen MR) is 51.1 cm³/mol. The van der Waals surface area contributed by atoms with Crippen LogP contribution in [-0.4, -0.2) is 27.2 Å². The monoisotopic (exact) mass is 219 g/mol. The third-order valence-corrected chi connectivity index (χ3v) is 2.05. The van der Waals surface area contributed by atoms with Gasteiger partial charge in [0.2, 0.25) is 0 Å². The van der Waals surface area contributed by atoms with Gasteiger partial charge in [0.05, 0.1) is 6.04 Å². The molecule has 0 amide bonds. The van der Waals surface area contributed by atoms with E-state index in [-0.39, 0.29) is 6.42 Å². The zero-order chi connectivity index (χ0) is 11.3. The molecule has 0 aliphatic heterocycles. The van der Waals surface area contributed by atoms with Gasteiger partial charge in [-0.3, -0.25) is 16.0 Å². The SMILES string of the molecule is CCCn1ncnc1CC(NN)C(F)F. The van der Waals surface area contributed by atoms with Gasteiger partial charge in [-0.05, 0) is 6.42 Å². The number of hydrogen-bond donors (Lipinski definition) is 2. The zero-order valence-electron chi connectivity index (χ0n) is 8.53. The van der Waals surface area contributed by atoms with Crippen molar-refractivity contribution < 1.29 is 8.78 Å². The number of aromatic nitrogens is 3. The summed E-state index contributed by atoms with van der Waals surface area (Å²) in [5.41, 5.74) is 2.08. The molecule has 1 heterocycles. The molecule has 0 aliphatic rings. The van der Waals surface area contributed by atoms with Gasteiger partial charge in [0.1, 0.15) is 12.2 Å². The molecule has 0 fully saturated rings. The summed E-state index contributed by atoms with van der Waals surface area (Å²) in [7, 11) is 0. The Labute approximate surface area is 86.6 Å². The van der Waals surface area contributed by atoms with Gasteiger partial charge in [0.25, 0.3) is 6.43 Å². The lowest BCUT2D eigenvalue weighted by molar-refractivity contribution is 0.0969. The summed E-state index contributed by atoms with van der Waals surface area (Å²) in [5.74, 6) is 5.55.